The van der Waals surface area contributed by atoms with Crippen molar-refractivity contribution in [3.05, 3.63) is 48.0 Å². The highest BCUT2D eigenvalue weighted by Gasteiger charge is 2.16. The van der Waals surface area contributed by atoms with E-state index in [4.69, 9.17) is 9.47 Å². The standard InChI is InChI=1S/C17H24N2O6S/c1-4-9-24-13(2)17(21)25-11-16(20)19-10-14-5-7-15(8-6-14)12-26(22,23)18-3/h4-8,13,18H,1,9-12H2,2-3H3,(H,19,20). The molecule has 144 valence electrons. The molecule has 1 aromatic rings. The van der Waals surface area contributed by atoms with E-state index in [2.05, 4.69) is 16.6 Å². The van der Waals surface area contributed by atoms with Crippen LogP contribution in [-0.2, 0) is 41.4 Å². The average molecular weight is 384 g/mol. The number of sulfonamides is 1. The summed E-state index contributed by atoms with van der Waals surface area (Å²) in [5, 5.41) is 2.61. The molecule has 0 heterocycles. The number of ether oxygens (including phenoxy) is 2. The Kier molecular flexibility index (Phi) is 8.97. The maximum absolute atomic E-state index is 11.7. The lowest BCUT2D eigenvalue weighted by Crippen LogP contribution is -2.31. The second-order valence-corrected chi connectivity index (χ2v) is 7.35. The first-order valence-corrected chi connectivity index (χ1v) is 9.57. The highest BCUT2D eigenvalue weighted by molar-refractivity contribution is 7.88. The van der Waals surface area contributed by atoms with Crippen LogP contribution >= 0.6 is 0 Å². The van der Waals surface area contributed by atoms with Gasteiger partial charge in [-0.25, -0.2) is 17.9 Å². The quantitative estimate of drug-likeness (QED) is 0.424. The molecule has 0 fully saturated rings. The van der Waals surface area contributed by atoms with Crippen molar-refractivity contribution >= 4 is 21.9 Å². The molecule has 0 aliphatic carbocycles. The Hall–Kier alpha value is -2.23. The molecule has 1 atom stereocenters. The first-order chi connectivity index (χ1) is 12.3. The Morgan fingerprint density at radius 1 is 1.23 bits per heavy atom. The van der Waals surface area contributed by atoms with Gasteiger partial charge in [-0.2, -0.15) is 0 Å². The Morgan fingerprint density at radius 3 is 2.42 bits per heavy atom. The van der Waals surface area contributed by atoms with Gasteiger partial charge in [-0.15, -0.1) is 6.58 Å². The molecule has 0 aromatic heterocycles. The Balaban J connectivity index is 2.38. The minimum absolute atomic E-state index is 0.113. The van der Waals surface area contributed by atoms with E-state index in [-0.39, 0.29) is 18.9 Å². The van der Waals surface area contributed by atoms with Gasteiger partial charge in [0.25, 0.3) is 5.91 Å². The van der Waals surface area contributed by atoms with E-state index >= 15 is 0 Å². The highest BCUT2D eigenvalue weighted by atomic mass is 32.2. The molecule has 0 saturated heterocycles. The van der Waals surface area contributed by atoms with Gasteiger partial charge < -0.3 is 14.8 Å². The van der Waals surface area contributed by atoms with Crippen LogP contribution in [0.25, 0.3) is 0 Å². The van der Waals surface area contributed by atoms with E-state index in [1.165, 1.54) is 20.0 Å². The SMILES string of the molecule is C=CCOC(C)C(=O)OCC(=O)NCc1ccc(CS(=O)(=O)NC)cc1. The number of carbonyl (C=O) groups excluding carboxylic acids is 2. The molecule has 0 spiro atoms. The van der Waals surface area contributed by atoms with E-state index in [0.29, 0.717) is 5.56 Å². The van der Waals surface area contributed by atoms with Crippen molar-refractivity contribution in [2.45, 2.75) is 25.3 Å². The van der Waals surface area contributed by atoms with Crippen LogP contribution in [0.15, 0.2) is 36.9 Å². The van der Waals surface area contributed by atoms with Crippen LogP contribution in [-0.4, -0.2) is 46.7 Å². The summed E-state index contributed by atoms with van der Waals surface area (Å²) in [5.74, 6) is -1.19. The number of rotatable bonds is 11. The zero-order valence-electron chi connectivity index (χ0n) is 14.9. The molecule has 26 heavy (non-hydrogen) atoms. The van der Waals surface area contributed by atoms with Gasteiger partial charge in [-0.3, -0.25) is 4.79 Å². The summed E-state index contributed by atoms with van der Waals surface area (Å²) in [7, 11) is -1.96. The lowest BCUT2D eigenvalue weighted by Gasteiger charge is -2.11. The lowest BCUT2D eigenvalue weighted by molar-refractivity contribution is -0.158. The van der Waals surface area contributed by atoms with Gasteiger partial charge in [-0.05, 0) is 25.1 Å². The molecule has 1 aromatic carbocycles. The minimum atomic E-state index is -3.32. The van der Waals surface area contributed by atoms with Crippen molar-refractivity contribution in [1.29, 1.82) is 0 Å². The third kappa shape index (κ3) is 8.24. The van der Waals surface area contributed by atoms with Crippen LogP contribution in [0, 0.1) is 0 Å². The lowest BCUT2D eigenvalue weighted by atomic mass is 10.1. The summed E-state index contributed by atoms with van der Waals surface area (Å²) in [4.78, 5) is 23.3. The van der Waals surface area contributed by atoms with Crippen molar-refractivity contribution in [3.63, 3.8) is 0 Å². The molecule has 0 aliphatic rings. The first kappa shape index (κ1) is 21.8. The number of benzene rings is 1. The number of carbonyl (C=O) groups is 2. The predicted molar refractivity (Wildman–Crippen MR) is 96.5 cm³/mol. The van der Waals surface area contributed by atoms with E-state index in [1.54, 1.807) is 24.3 Å². The van der Waals surface area contributed by atoms with Crippen LogP contribution in [0.3, 0.4) is 0 Å². The van der Waals surface area contributed by atoms with Gasteiger partial charge in [-0.1, -0.05) is 30.3 Å². The molecule has 0 aliphatic heterocycles. The molecule has 0 radical (unpaired) electrons. The maximum Gasteiger partial charge on any atom is 0.335 e. The Bertz CT molecular complexity index is 715. The van der Waals surface area contributed by atoms with Gasteiger partial charge in [0.1, 0.15) is 0 Å². The van der Waals surface area contributed by atoms with Gasteiger partial charge in [0.05, 0.1) is 12.4 Å². The van der Waals surface area contributed by atoms with Crippen molar-refractivity contribution in [2.75, 3.05) is 20.3 Å². The molecular formula is C17H24N2O6S. The number of nitrogens with one attached hydrogen (secondary N) is 2. The summed E-state index contributed by atoms with van der Waals surface area (Å²) in [5.41, 5.74) is 1.43. The summed E-state index contributed by atoms with van der Waals surface area (Å²) >= 11 is 0. The second kappa shape index (κ2) is 10.7. The highest BCUT2D eigenvalue weighted by Crippen LogP contribution is 2.07. The smallest absolute Gasteiger partial charge is 0.335 e. The molecule has 1 rings (SSSR count). The topological polar surface area (TPSA) is 111 Å². The molecule has 0 saturated carbocycles. The number of esters is 1. The third-order valence-corrected chi connectivity index (χ3v) is 4.66. The normalized spacial score (nSPS) is 12.2. The second-order valence-electron chi connectivity index (χ2n) is 5.43. The van der Waals surface area contributed by atoms with Gasteiger partial charge in [0.2, 0.25) is 10.0 Å². The molecule has 8 nitrogen and oxygen atoms in total. The fourth-order valence-corrected chi connectivity index (χ4v) is 2.61. The predicted octanol–water partition coefficient (Wildman–Crippen LogP) is 0.486. The van der Waals surface area contributed by atoms with Crippen molar-refractivity contribution in [2.24, 2.45) is 0 Å². The molecular weight excluding hydrogens is 360 g/mol. The van der Waals surface area contributed by atoms with Gasteiger partial charge >= 0.3 is 5.97 Å². The van der Waals surface area contributed by atoms with Crippen LogP contribution in [0.2, 0.25) is 0 Å². The largest absolute Gasteiger partial charge is 0.454 e. The van der Waals surface area contributed by atoms with E-state index < -0.39 is 34.6 Å². The average Bonchev–Trinajstić information content (AvgIpc) is 2.63. The minimum Gasteiger partial charge on any atom is -0.454 e. The van der Waals surface area contributed by atoms with Crippen LogP contribution in [0.4, 0.5) is 0 Å². The monoisotopic (exact) mass is 384 g/mol. The molecule has 1 unspecified atom stereocenters. The fraction of sp³-hybridized carbons (Fsp3) is 0.412. The number of hydrogen-bond acceptors (Lipinski definition) is 6. The third-order valence-electron chi connectivity index (χ3n) is 3.32. The fourth-order valence-electron chi connectivity index (χ4n) is 1.83. The van der Waals surface area contributed by atoms with E-state index in [1.807, 2.05) is 0 Å². The summed E-state index contributed by atoms with van der Waals surface area (Å²) in [6.07, 6.45) is 0.734. The molecule has 0 bridgehead atoms. The van der Waals surface area contributed by atoms with E-state index in [0.717, 1.165) is 5.56 Å². The zero-order chi connectivity index (χ0) is 19.6. The Labute approximate surface area is 153 Å². The van der Waals surface area contributed by atoms with Gasteiger partial charge in [0.15, 0.2) is 12.7 Å². The Morgan fingerprint density at radius 2 is 1.85 bits per heavy atom. The van der Waals surface area contributed by atoms with Crippen molar-refractivity contribution in [1.82, 2.24) is 10.0 Å². The maximum atomic E-state index is 11.7. The summed E-state index contributed by atoms with van der Waals surface area (Å²) < 4.78 is 35.2. The van der Waals surface area contributed by atoms with Crippen molar-refractivity contribution in [3.8, 4) is 0 Å². The molecule has 1 amide bonds. The van der Waals surface area contributed by atoms with Crippen LogP contribution < -0.4 is 10.0 Å². The van der Waals surface area contributed by atoms with Crippen LogP contribution in [0.5, 0.6) is 0 Å². The van der Waals surface area contributed by atoms with Crippen LogP contribution in [0.1, 0.15) is 18.1 Å². The van der Waals surface area contributed by atoms with Crippen molar-refractivity contribution < 1.29 is 27.5 Å². The van der Waals surface area contributed by atoms with E-state index in [9.17, 15) is 18.0 Å². The molecule has 9 heteroatoms. The number of amides is 1. The molecule has 2 N–H and O–H groups in total. The van der Waals surface area contributed by atoms with Gasteiger partial charge in [0, 0.05) is 6.54 Å². The summed E-state index contributed by atoms with van der Waals surface area (Å²) in [6, 6.07) is 6.79. The first-order valence-electron chi connectivity index (χ1n) is 7.92. The zero-order valence-corrected chi connectivity index (χ0v) is 15.7. The number of hydrogen-bond donors (Lipinski definition) is 2. The summed E-state index contributed by atoms with van der Waals surface area (Å²) in [6.45, 7) is 5.05.